The molecule has 0 aromatic heterocycles. The number of carbonyl (C=O) groups is 1. The Bertz CT molecular complexity index is 1070. The Morgan fingerprint density at radius 3 is 2.45 bits per heavy atom. The molecule has 4 rings (SSSR count). The van der Waals surface area contributed by atoms with Crippen LogP contribution < -0.4 is 14.8 Å². The average molecular weight is 450 g/mol. The van der Waals surface area contributed by atoms with Crippen molar-refractivity contribution in [3.8, 4) is 11.5 Å². The SMILES string of the molecule is C[C@@H](NC(=O)N1CCN(S(=O)(=O)c2cccc(F)c2)CC1)c1ccc2c(c1)OCCO2. The number of urea groups is 1. The van der Waals surface area contributed by atoms with Crippen LogP contribution in [0.3, 0.4) is 0 Å². The first-order valence-electron chi connectivity index (χ1n) is 10.1. The van der Waals surface area contributed by atoms with Crippen molar-refractivity contribution in [1.29, 1.82) is 0 Å². The number of piperazine rings is 1. The van der Waals surface area contributed by atoms with Gasteiger partial charge >= 0.3 is 6.03 Å². The van der Waals surface area contributed by atoms with E-state index in [1.54, 1.807) is 4.90 Å². The Kier molecular flexibility index (Phi) is 6.01. The fraction of sp³-hybridized carbons (Fsp3) is 0.381. The molecule has 0 spiro atoms. The number of amides is 2. The molecule has 166 valence electrons. The lowest BCUT2D eigenvalue weighted by molar-refractivity contribution is 0.168. The first-order valence-corrected chi connectivity index (χ1v) is 11.5. The van der Waals surface area contributed by atoms with E-state index in [4.69, 9.17) is 9.47 Å². The van der Waals surface area contributed by atoms with Gasteiger partial charge in [-0.05, 0) is 42.8 Å². The Balaban J connectivity index is 1.35. The highest BCUT2D eigenvalue weighted by atomic mass is 32.2. The maximum atomic E-state index is 13.4. The van der Waals surface area contributed by atoms with Crippen LogP contribution in [0, 0.1) is 5.82 Å². The van der Waals surface area contributed by atoms with Crippen LogP contribution in [0.2, 0.25) is 0 Å². The van der Waals surface area contributed by atoms with Crippen LogP contribution in [0.1, 0.15) is 18.5 Å². The fourth-order valence-electron chi connectivity index (χ4n) is 3.60. The molecule has 0 aliphatic carbocycles. The van der Waals surface area contributed by atoms with Crippen LogP contribution in [0.4, 0.5) is 9.18 Å². The molecule has 0 radical (unpaired) electrons. The molecule has 2 aromatic carbocycles. The first kappa shape index (κ1) is 21.4. The lowest BCUT2D eigenvalue weighted by atomic mass is 10.1. The van der Waals surface area contributed by atoms with E-state index < -0.39 is 15.8 Å². The van der Waals surface area contributed by atoms with Gasteiger partial charge in [0.15, 0.2) is 11.5 Å². The van der Waals surface area contributed by atoms with Crippen LogP contribution in [-0.2, 0) is 10.0 Å². The largest absolute Gasteiger partial charge is 0.486 e. The summed E-state index contributed by atoms with van der Waals surface area (Å²) in [6, 6.07) is 9.95. The van der Waals surface area contributed by atoms with Crippen LogP contribution in [0.15, 0.2) is 47.4 Å². The number of rotatable bonds is 4. The molecular formula is C21H24FN3O5S. The second-order valence-electron chi connectivity index (χ2n) is 7.42. The van der Waals surface area contributed by atoms with E-state index in [1.165, 1.54) is 22.5 Å². The van der Waals surface area contributed by atoms with Crippen LogP contribution >= 0.6 is 0 Å². The Morgan fingerprint density at radius 2 is 1.74 bits per heavy atom. The van der Waals surface area contributed by atoms with Crippen molar-refractivity contribution < 1.29 is 27.1 Å². The van der Waals surface area contributed by atoms with Crippen molar-refractivity contribution in [3.05, 3.63) is 53.8 Å². The average Bonchev–Trinajstić information content (AvgIpc) is 2.78. The number of nitrogens with zero attached hydrogens (tertiary/aromatic N) is 2. The molecule has 2 aliphatic heterocycles. The third-order valence-electron chi connectivity index (χ3n) is 5.37. The van der Waals surface area contributed by atoms with Crippen molar-refractivity contribution in [2.75, 3.05) is 39.4 Å². The maximum absolute atomic E-state index is 13.4. The van der Waals surface area contributed by atoms with E-state index in [9.17, 15) is 17.6 Å². The van der Waals surface area contributed by atoms with E-state index in [2.05, 4.69) is 5.32 Å². The van der Waals surface area contributed by atoms with Gasteiger partial charge < -0.3 is 19.7 Å². The monoisotopic (exact) mass is 449 g/mol. The van der Waals surface area contributed by atoms with Gasteiger partial charge in [0, 0.05) is 26.2 Å². The zero-order valence-corrected chi connectivity index (χ0v) is 17.9. The summed E-state index contributed by atoms with van der Waals surface area (Å²) >= 11 is 0. The number of benzene rings is 2. The standard InChI is InChI=1S/C21H24FN3O5S/c1-15(16-5-6-19-20(13-16)30-12-11-29-19)23-21(26)24-7-9-25(10-8-24)31(27,28)18-4-2-3-17(22)14-18/h2-6,13-15H,7-12H2,1H3,(H,23,26)/t15-/m1/s1. The highest BCUT2D eigenvalue weighted by Crippen LogP contribution is 2.32. The van der Waals surface area contributed by atoms with Crippen molar-refractivity contribution in [1.82, 2.24) is 14.5 Å². The zero-order valence-electron chi connectivity index (χ0n) is 17.1. The molecule has 2 aromatic rings. The van der Waals surface area contributed by atoms with E-state index in [0.717, 1.165) is 11.6 Å². The van der Waals surface area contributed by atoms with E-state index in [1.807, 2.05) is 25.1 Å². The summed E-state index contributed by atoms with van der Waals surface area (Å²) in [5, 5.41) is 2.94. The van der Waals surface area contributed by atoms with Gasteiger partial charge in [0.25, 0.3) is 0 Å². The van der Waals surface area contributed by atoms with Gasteiger partial charge in [-0.1, -0.05) is 12.1 Å². The maximum Gasteiger partial charge on any atom is 0.317 e. The van der Waals surface area contributed by atoms with Gasteiger partial charge in [0.2, 0.25) is 10.0 Å². The predicted molar refractivity (Wildman–Crippen MR) is 111 cm³/mol. The Morgan fingerprint density at radius 1 is 1.03 bits per heavy atom. The molecular weight excluding hydrogens is 425 g/mol. The summed E-state index contributed by atoms with van der Waals surface area (Å²) in [6.45, 7) is 3.64. The molecule has 8 nitrogen and oxygen atoms in total. The molecule has 31 heavy (non-hydrogen) atoms. The minimum atomic E-state index is -3.80. The second kappa shape index (κ2) is 8.72. The molecule has 0 unspecified atom stereocenters. The van der Waals surface area contributed by atoms with Gasteiger partial charge in [-0.2, -0.15) is 4.31 Å². The number of carbonyl (C=O) groups excluding carboxylic acids is 1. The van der Waals surface area contributed by atoms with Crippen LogP contribution in [0.5, 0.6) is 11.5 Å². The Labute approximate surface area is 180 Å². The summed E-state index contributed by atoms with van der Waals surface area (Å²) in [6.07, 6.45) is 0. The molecule has 0 saturated carbocycles. The van der Waals surface area contributed by atoms with Crippen LogP contribution in [0.25, 0.3) is 0 Å². The fourth-order valence-corrected chi connectivity index (χ4v) is 5.05. The third kappa shape index (κ3) is 4.59. The molecule has 1 atom stereocenters. The molecule has 2 heterocycles. The highest BCUT2D eigenvalue weighted by Gasteiger charge is 2.30. The third-order valence-corrected chi connectivity index (χ3v) is 7.26. The number of fused-ring (bicyclic) bond motifs is 1. The molecule has 1 saturated heterocycles. The number of ether oxygens (including phenoxy) is 2. The summed E-state index contributed by atoms with van der Waals surface area (Å²) < 4.78 is 51.2. The first-order chi connectivity index (χ1) is 14.8. The topological polar surface area (TPSA) is 88.2 Å². The summed E-state index contributed by atoms with van der Waals surface area (Å²) in [4.78, 5) is 14.2. The van der Waals surface area contributed by atoms with Crippen molar-refractivity contribution in [3.63, 3.8) is 0 Å². The van der Waals surface area contributed by atoms with Crippen LogP contribution in [-0.4, -0.2) is 63.0 Å². The summed E-state index contributed by atoms with van der Waals surface area (Å²) in [5.41, 5.74) is 0.880. The number of halogens is 1. The lowest BCUT2D eigenvalue weighted by Gasteiger charge is -2.34. The number of sulfonamides is 1. The smallest absolute Gasteiger partial charge is 0.317 e. The molecule has 1 fully saturated rings. The minimum Gasteiger partial charge on any atom is -0.486 e. The second-order valence-corrected chi connectivity index (χ2v) is 9.36. The van der Waals surface area contributed by atoms with Gasteiger partial charge in [-0.15, -0.1) is 0 Å². The zero-order chi connectivity index (χ0) is 22.0. The van der Waals surface area contributed by atoms with Crippen molar-refractivity contribution in [2.24, 2.45) is 0 Å². The van der Waals surface area contributed by atoms with E-state index in [-0.39, 0.29) is 43.1 Å². The number of hydrogen-bond acceptors (Lipinski definition) is 5. The van der Waals surface area contributed by atoms with Gasteiger partial charge in [-0.3, -0.25) is 0 Å². The van der Waals surface area contributed by atoms with E-state index >= 15 is 0 Å². The minimum absolute atomic E-state index is 0.0855. The van der Waals surface area contributed by atoms with Gasteiger partial charge in [0.1, 0.15) is 19.0 Å². The Hall–Kier alpha value is -2.85. The molecule has 2 amide bonds. The normalized spacial score (nSPS) is 17.8. The summed E-state index contributed by atoms with van der Waals surface area (Å²) in [7, 11) is -3.80. The van der Waals surface area contributed by atoms with Gasteiger partial charge in [-0.25, -0.2) is 17.6 Å². The number of nitrogens with one attached hydrogen (secondary N) is 1. The number of hydrogen-bond donors (Lipinski definition) is 1. The van der Waals surface area contributed by atoms with Crippen molar-refractivity contribution >= 4 is 16.1 Å². The van der Waals surface area contributed by atoms with Crippen molar-refractivity contribution in [2.45, 2.75) is 17.9 Å². The summed E-state index contributed by atoms with van der Waals surface area (Å²) in [5.74, 6) is 0.734. The molecule has 2 aliphatic rings. The van der Waals surface area contributed by atoms with Gasteiger partial charge in [0.05, 0.1) is 10.9 Å². The van der Waals surface area contributed by atoms with E-state index in [0.29, 0.717) is 24.7 Å². The lowest BCUT2D eigenvalue weighted by Crippen LogP contribution is -2.53. The molecule has 0 bridgehead atoms. The highest BCUT2D eigenvalue weighted by molar-refractivity contribution is 7.89. The predicted octanol–water partition coefficient (Wildman–Crippen LogP) is 2.37. The molecule has 10 heteroatoms. The molecule has 1 N–H and O–H groups in total. The quantitative estimate of drug-likeness (QED) is 0.774.